The van der Waals surface area contributed by atoms with Crippen molar-refractivity contribution in [1.82, 2.24) is 15.5 Å². The highest BCUT2D eigenvalue weighted by atomic mass is 35.5. The molecule has 0 aromatic heterocycles. The Bertz CT molecular complexity index is 379. The van der Waals surface area contributed by atoms with Gasteiger partial charge in [0.1, 0.15) is 0 Å². The Morgan fingerprint density at radius 2 is 2.09 bits per heavy atom. The van der Waals surface area contributed by atoms with Gasteiger partial charge in [0.05, 0.1) is 6.54 Å². The van der Waals surface area contributed by atoms with Gasteiger partial charge in [-0.15, -0.1) is 12.4 Å². The number of fused-ring (bicyclic) bond motifs is 2. The molecular formula is C17H32ClN3O. The maximum absolute atomic E-state index is 12.3. The number of halogens is 1. The number of likely N-dealkylation sites (N-methyl/N-ethyl adjacent to an activating group) is 1. The summed E-state index contributed by atoms with van der Waals surface area (Å²) in [5.41, 5.74) is 0. The number of rotatable bonds is 5. The molecule has 1 amide bonds. The van der Waals surface area contributed by atoms with Crippen LogP contribution in [-0.4, -0.2) is 49.6 Å². The second-order valence-corrected chi connectivity index (χ2v) is 7.56. The van der Waals surface area contributed by atoms with E-state index in [0.717, 1.165) is 30.8 Å². The molecule has 4 nitrogen and oxygen atoms in total. The van der Waals surface area contributed by atoms with Crippen LogP contribution in [0.3, 0.4) is 0 Å². The fraction of sp³-hybridized carbons (Fsp3) is 0.941. The monoisotopic (exact) mass is 329 g/mol. The van der Waals surface area contributed by atoms with Crippen LogP contribution in [-0.2, 0) is 4.79 Å². The van der Waals surface area contributed by atoms with Gasteiger partial charge in [-0.2, -0.15) is 0 Å². The number of nitrogens with zero attached hydrogens (tertiary/aromatic N) is 1. The average Bonchev–Trinajstić information content (AvgIpc) is 3.10. The molecule has 2 bridgehead atoms. The number of likely N-dealkylation sites (tertiary alicyclic amines) is 1. The highest BCUT2D eigenvalue weighted by Gasteiger charge is 2.42. The van der Waals surface area contributed by atoms with Gasteiger partial charge in [-0.25, -0.2) is 0 Å². The Kier molecular flexibility index (Phi) is 6.54. The Labute approximate surface area is 141 Å². The van der Waals surface area contributed by atoms with Crippen molar-refractivity contribution in [1.29, 1.82) is 0 Å². The van der Waals surface area contributed by atoms with Crippen LogP contribution in [0.1, 0.15) is 45.4 Å². The third-order valence-electron chi connectivity index (χ3n) is 6.10. The van der Waals surface area contributed by atoms with E-state index in [2.05, 4.69) is 22.5 Å². The molecule has 1 heterocycles. The van der Waals surface area contributed by atoms with Gasteiger partial charge >= 0.3 is 0 Å². The molecule has 0 radical (unpaired) electrons. The lowest BCUT2D eigenvalue weighted by Crippen LogP contribution is -2.50. The van der Waals surface area contributed by atoms with E-state index >= 15 is 0 Å². The molecule has 3 aliphatic rings. The van der Waals surface area contributed by atoms with Crippen LogP contribution in [0.15, 0.2) is 0 Å². The summed E-state index contributed by atoms with van der Waals surface area (Å²) >= 11 is 0. The molecule has 0 spiro atoms. The molecule has 5 atom stereocenters. The van der Waals surface area contributed by atoms with Crippen molar-refractivity contribution in [3.8, 4) is 0 Å². The Morgan fingerprint density at radius 1 is 1.27 bits per heavy atom. The number of hydrogen-bond donors (Lipinski definition) is 2. The minimum atomic E-state index is 0. The summed E-state index contributed by atoms with van der Waals surface area (Å²) in [4.78, 5) is 14.6. The van der Waals surface area contributed by atoms with Crippen LogP contribution in [0.5, 0.6) is 0 Å². The van der Waals surface area contributed by atoms with Crippen LogP contribution in [0.4, 0.5) is 0 Å². The van der Waals surface area contributed by atoms with Crippen LogP contribution in [0, 0.1) is 17.8 Å². The molecule has 0 aromatic carbocycles. The Hall–Kier alpha value is -0.320. The normalized spacial score (nSPS) is 35.9. The first kappa shape index (κ1) is 18.0. The lowest BCUT2D eigenvalue weighted by atomic mass is 9.84. The van der Waals surface area contributed by atoms with Crippen molar-refractivity contribution in [2.45, 2.75) is 57.5 Å². The van der Waals surface area contributed by atoms with Gasteiger partial charge in [-0.3, -0.25) is 9.69 Å². The molecule has 2 aliphatic carbocycles. The van der Waals surface area contributed by atoms with Gasteiger partial charge in [0.2, 0.25) is 5.91 Å². The molecule has 22 heavy (non-hydrogen) atoms. The topological polar surface area (TPSA) is 44.4 Å². The number of carbonyl (C=O) groups excluding carboxylic acids is 1. The molecular weight excluding hydrogens is 298 g/mol. The molecule has 3 rings (SSSR count). The molecule has 1 aliphatic heterocycles. The quantitative estimate of drug-likeness (QED) is 0.811. The van der Waals surface area contributed by atoms with E-state index in [1.54, 1.807) is 0 Å². The largest absolute Gasteiger partial charge is 0.352 e. The summed E-state index contributed by atoms with van der Waals surface area (Å²) in [6, 6.07) is 0.909. The zero-order chi connectivity index (χ0) is 14.8. The fourth-order valence-corrected chi connectivity index (χ4v) is 4.95. The zero-order valence-corrected chi connectivity index (χ0v) is 14.8. The molecule has 3 fully saturated rings. The summed E-state index contributed by atoms with van der Waals surface area (Å²) in [5, 5.41) is 6.62. The first-order valence-electron chi connectivity index (χ1n) is 8.84. The molecule has 5 heteroatoms. The van der Waals surface area contributed by atoms with E-state index in [4.69, 9.17) is 0 Å². The lowest BCUT2D eigenvalue weighted by molar-refractivity contribution is -0.123. The van der Waals surface area contributed by atoms with E-state index < -0.39 is 0 Å². The summed E-state index contributed by atoms with van der Waals surface area (Å²) in [6.07, 6.45) is 8.02. The minimum Gasteiger partial charge on any atom is -0.352 e. The summed E-state index contributed by atoms with van der Waals surface area (Å²) < 4.78 is 0. The first-order chi connectivity index (χ1) is 10.2. The number of carbonyl (C=O) groups is 1. The lowest BCUT2D eigenvalue weighted by Gasteiger charge is -2.33. The van der Waals surface area contributed by atoms with Crippen LogP contribution < -0.4 is 10.6 Å². The standard InChI is InChI=1S/C17H31N3O.ClH/c1-12(16-9-13-5-6-14(16)8-13)19-17(21)11-20-7-3-4-15(10-20)18-2;/h12-16,18H,3-11H2,1-2H3,(H,19,21);1H. The van der Waals surface area contributed by atoms with Crippen molar-refractivity contribution in [2.75, 3.05) is 26.7 Å². The van der Waals surface area contributed by atoms with E-state index in [0.29, 0.717) is 18.6 Å². The first-order valence-corrected chi connectivity index (χ1v) is 8.84. The summed E-state index contributed by atoms with van der Waals surface area (Å²) in [5.74, 6) is 2.80. The zero-order valence-electron chi connectivity index (χ0n) is 14.0. The van der Waals surface area contributed by atoms with E-state index in [-0.39, 0.29) is 18.3 Å². The highest BCUT2D eigenvalue weighted by Crippen LogP contribution is 2.49. The van der Waals surface area contributed by atoms with Crippen molar-refractivity contribution >= 4 is 18.3 Å². The van der Waals surface area contributed by atoms with Gasteiger partial charge in [0.15, 0.2) is 0 Å². The van der Waals surface area contributed by atoms with Crippen molar-refractivity contribution in [3.05, 3.63) is 0 Å². The SMILES string of the molecule is CNC1CCCN(CC(=O)NC(C)C2CC3CCC2C3)C1.Cl. The Morgan fingerprint density at radius 3 is 2.73 bits per heavy atom. The predicted molar refractivity (Wildman–Crippen MR) is 92.3 cm³/mol. The molecule has 0 aromatic rings. The fourth-order valence-electron chi connectivity index (χ4n) is 4.95. The maximum atomic E-state index is 12.3. The van der Waals surface area contributed by atoms with Gasteiger partial charge in [-0.1, -0.05) is 6.42 Å². The molecule has 2 N–H and O–H groups in total. The van der Waals surface area contributed by atoms with Crippen molar-refractivity contribution in [2.24, 2.45) is 17.8 Å². The maximum Gasteiger partial charge on any atom is 0.234 e. The second kappa shape index (κ2) is 7.98. The van der Waals surface area contributed by atoms with Crippen molar-refractivity contribution in [3.63, 3.8) is 0 Å². The van der Waals surface area contributed by atoms with Gasteiger partial charge in [0.25, 0.3) is 0 Å². The van der Waals surface area contributed by atoms with Crippen LogP contribution in [0.25, 0.3) is 0 Å². The number of hydrogen-bond acceptors (Lipinski definition) is 3. The third-order valence-corrected chi connectivity index (χ3v) is 6.10. The van der Waals surface area contributed by atoms with E-state index in [1.165, 1.54) is 38.5 Å². The third kappa shape index (κ3) is 4.15. The van der Waals surface area contributed by atoms with Crippen LogP contribution in [0.2, 0.25) is 0 Å². The van der Waals surface area contributed by atoms with Crippen molar-refractivity contribution < 1.29 is 4.79 Å². The smallest absolute Gasteiger partial charge is 0.234 e. The molecule has 128 valence electrons. The number of piperidine rings is 1. The van der Waals surface area contributed by atoms with Gasteiger partial charge in [0, 0.05) is 18.6 Å². The molecule has 5 unspecified atom stereocenters. The second-order valence-electron chi connectivity index (χ2n) is 7.56. The molecule has 2 saturated carbocycles. The minimum absolute atomic E-state index is 0. The van der Waals surface area contributed by atoms with Crippen LogP contribution >= 0.6 is 12.4 Å². The number of amides is 1. The number of nitrogens with one attached hydrogen (secondary N) is 2. The highest BCUT2D eigenvalue weighted by molar-refractivity contribution is 5.85. The van der Waals surface area contributed by atoms with Gasteiger partial charge in [-0.05, 0) is 70.4 Å². The Balaban J connectivity index is 0.00000176. The summed E-state index contributed by atoms with van der Waals surface area (Å²) in [7, 11) is 2.02. The van der Waals surface area contributed by atoms with Gasteiger partial charge < -0.3 is 10.6 Å². The van der Waals surface area contributed by atoms with E-state index in [1.807, 2.05) is 7.05 Å². The molecule has 1 saturated heterocycles. The average molecular weight is 330 g/mol. The van der Waals surface area contributed by atoms with E-state index in [9.17, 15) is 4.79 Å². The predicted octanol–water partition coefficient (Wildman–Crippen LogP) is 2.03. The summed E-state index contributed by atoms with van der Waals surface area (Å²) in [6.45, 7) is 4.86.